The van der Waals surface area contributed by atoms with E-state index in [1.54, 1.807) is 10.6 Å². The third-order valence-corrected chi connectivity index (χ3v) is 2.99. The second-order valence-corrected chi connectivity index (χ2v) is 5.15. The maximum Gasteiger partial charge on any atom is 0.255 e. The molecule has 1 aliphatic rings. The molecule has 7 nitrogen and oxygen atoms in total. The third kappa shape index (κ3) is 2.63. The maximum atomic E-state index is 5.93. The molecule has 19 heavy (non-hydrogen) atoms. The number of nitrogens with one attached hydrogen (secondary N) is 1. The van der Waals surface area contributed by atoms with Crippen LogP contribution in [0.3, 0.4) is 0 Å². The number of halogens is 1. The normalized spacial score (nSPS) is 21.9. The molecular weight excluding hydrogens is 270 g/mol. The summed E-state index contributed by atoms with van der Waals surface area (Å²) in [7, 11) is 0. The van der Waals surface area contributed by atoms with Crippen LogP contribution < -0.4 is 5.32 Å². The van der Waals surface area contributed by atoms with Gasteiger partial charge >= 0.3 is 0 Å². The van der Waals surface area contributed by atoms with E-state index < -0.39 is 5.79 Å². The van der Waals surface area contributed by atoms with Crippen molar-refractivity contribution in [1.29, 1.82) is 0 Å². The van der Waals surface area contributed by atoms with Gasteiger partial charge in [0, 0.05) is 12.6 Å². The van der Waals surface area contributed by atoms with Crippen molar-refractivity contribution in [3.8, 4) is 0 Å². The second kappa shape index (κ2) is 4.59. The smallest absolute Gasteiger partial charge is 0.255 e. The van der Waals surface area contributed by atoms with Crippen LogP contribution in [0.1, 0.15) is 13.8 Å². The zero-order valence-corrected chi connectivity index (χ0v) is 11.4. The molecule has 3 rings (SSSR count). The summed E-state index contributed by atoms with van der Waals surface area (Å²) >= 11 is 5.93. The molecule has 0 radical (unpaired) electrons. The van der Waals surface area contributed by atoms with Crippen LogP contribution >= 0.6 is 11.6 Å². The Morgan fingerprint density at radius 1 is 1.58 bits per heavy atom. The summed E-state index contributed by atoms with van der Waals surface area (Å²) in [5.41, 5.74) is 0. The van der Waals surface area contributed by atoms with Gasteiger partial charge in [0.2, 0.25) is 0 Å². The number of fused-ring (bicyclic) bond motifs is 1. The molecule has 0 saturated carbocycles. The summed E-state index contributed by atoms with van der Waals surface area (Å²) < 4.78 is 12.8. The quantitative estimate of drug-likeness (QED) is 0.857. The highest BCUT2D eigenvalue weighted by Gasteiger charge is 2.32. The summed E-state index contributed by atoms with van der Waals surface area (Å²) in [5.74, 6) is 0.657. The molecular formula is C11H14ClN5O2. The lowest BCUT2D eigenvalue weighted by Crippen LogP contribution is -2.26. The summed E-state index contributed by atoms with van der Waals surface area (Å²) in [4.78, 5) is 8.06. The van der Waals surface area contributed by atoms with E-state index in [1.807, 2.05) is 13.8 Å². The average Bonchev–Trinajstić information content (AvgIpc) is 2.92. The van der Waals surface area contributed by atoms with E-state index in [-0.39, 0.29) is 6.10 Å². The fourth-order valence-electron chi connectivity index (χ4n) is 1.99. The average molecular weight is 284 g/mol. The number of nitrogens with zero attached hydrogens (tertiary/aromatic N) is 4. The molecule has 0 aliphatic carbocycles. The van der Waals surface area contributed by atoms with Crippen molar-refractivity contribution < 1.29 is 9.47 Å². The Morgan fingerprint density at radius 2 is 2.42 bits per heavy atom. The molecule has 2 aromatic heterocycles. The van der Waals surface area contributed by atoms with Crippen LogP contribution in [0, 0.1) is 0 Å². The first-order valence-corrected chi connectivity index (χ1v) is 6.33. The van der Waals surface area contributed by atoms with Gasteiger partial charge in [0.1, 0.15) is 23.4 Å². The number of anilines is 1. The molecule has 1 unspecified atom stereocenters. The zero-order valence-electron chi connectivity index (χ0n) is 10.6. The van der Waals surface area contributed by atoms with Gasteiger partial charge < -0.3 is 14.8 Å². The lowest BCUT2D eigenvalue weighted by atomic mass is 10.3. The van der Waals surface area contributed by atoms with Crippen LogP contribution in [-0.4, -0.2) is 44.6 Å². The van der Waals surface area contributed by atoms with Crippen molar-refractivity contribution in [1.82, 2.24) is 19.6 Å². The number of aromatic nitrogens is 4. The van der Waals surface area contributed by atoms with Gasteiger partial charge in [0.15, 0.2) is 5.79 Å². The molecule has 0 aromatic carbocycles. The van der Waals surface area contributed by atoms with E-state index >= 15 is 0 Å². The molecule has 1 saturated heterocycles. The number of hydrogen-bond acceptors (Lipinski definition) is 6. The Labute approximate surface area is 114 Å². The molecule has 0 amide bonds. The maximum absolute atomic E-state index is 5.93. The zero-order chi connectivity index (χ0) is 13.5. The van der Waals surface area contributed by atoms with Crippen LogP contribution in [-0.2, 0) is 9.47 Å². The minimum Gasteiger partial charge on any atom is -0.367 e. The minimum atomic E-state index is -0.523. The molecule has 3 heterocycles. The van der Waals surface area contributed by atoms with Crippen molar-refractivity contribution in [3.05, 3.63) is 17.5 Å². The van der Waals surface area contributed by atoms with Crippen LogP contribution in [0.2, 0.25) is 5.15 Å². The van der Waals surface area contributed by atoms with Gasteiger partial charge in [0.25, 0.3) is 5.78 Å². The third-order valence-electron chi connectivity index (χ3n) is 2.80. The molecule has 102 valence electrons. The van der Waals surface area contributed by atoms with Crippen molar-refractivity contribution in [2.45, 2.75) is 25.7 Å². The summed E-state index contributed by atoms with van der Waals surface area (Å²) in [6, 6.07) is 1.70. The standard InChI is InChI=1S/C11H14ClN5O2/c1-11(2)18-5-7(19-11)4-13-9-3-8(12)16-10-14-6-15-17(9)10/h3,6-7,13H,4-5H2,1-2H3. The Morgan fingerprint density at radius 3 is 3.16 bits per heavy atom. The van der Waals surface area contributed by atoms with E-state index in [4.69, 9.17) is 21.1 Å². The van der Waals surface area contributed by atoms with Gasteiger partial charge in [-0.1, -0.05) is 11.6 Å². The predicted octanol–water partition coefficient (Wildman–Crippen LogP) is 1.34. The van der Waals surface area contributed by atoms with Crippen LogP contribution in [0.15, 0.2) is 12.4 Å². The molecule has 0 bridgehead atoms. The fourth-order valence-corrected chi connectivity index (χ4v) is 2.17. The largest absolute Gasteiger partial charge is 0.367 e. The highest BCUT2D eigenvalue weighted by Crippen LogP contribution is 2.23. The van der Waals surface area contributed by atoms with Crippen molar-refractivity contribution in [2.75, 3.05) is 18.5 Å². The minimum absolute atomic E-state index is 0.0134. The number of rotatable bonds is 3. The SMILES string of the molecule is CC1(C)OCC(CNc2cc(Cl)nc3ncnn23)O1. The first kappa shape index (κ1) is 12.6. The first-order valence-electron chi connectivity index (χ1n) is 5.95. The highest BCUT2D eigenvalue weighted by molar-refractivity contribution is 6.29. The van der Waals surface area contributed by atoms with Crippen molar-refractivity contribution in [3.63, 3.8) is 0 Å². The molecule has 2 aromatic rings. The van der Waals surface area contributed by atoms with Crippen LogP contribution in [0.4, 0.5) is 5.82 Å². The Hall–Kier alpha value is -1.44. The van der Waals surface area contributed by atoms with E-state index in [2.05, 4.69) is 20.4 Å². The van der Waals surface area contributed by atoms with E-state index in [9.17, 15) is 0 Å². The molecule has 0 spiro atoms. The molecule has 8 heteroatoms. The molecule has 1 aliphatic heterocycles. The number of ether oxygens (including phenoxy) is 2. The Kier molecular flexibility index (Phi) is 3.04. The van der Waals surface area contributed by atoms with Crippen molar-refractivity contribution in [2.24, 2.45) is 0 Å². The van der Waals surface area contributed by atoms with Gasteiger partial charge in [-0.3, -0.25) is 0 Å². The van der Waals surface area contributed by atoms with Gasteiger partial charge in [-0.05, 0) is 13.8 Å². The highest BCUT2D eigenvalue weighted by atomic mass is 35.5. The van der Waals surface area contributed by atoms with E-state index in [0.29, 0.717) is 24.1 Å². The number of hydrogen-bond donors (Lipinski definition) is 1. The van der Waals surface area contributed by atoms with E-state index in [1.165, 1.54) is 6.33 Å². The van der Waals surface area contributed by atoms with Crippen molar-refractivity contribution >= 4 is 23.2 Å². The monoisotopic (exact) mass is 283 g/mol. The van der Waals surface area contributed by atoms with Crippen LogP contribution in [0.5, 0.6) is 0 Å². The molecule has 1 fully saturated rings. The lowest BCUT2D eigenvalue weighted by Gasteiger charge is -2.17. The lowest BCUT2D eigenvalue weighted by molar-refractivity contribution is -0.136. The second-order valence-electron chi connectivity index (χ2n) is 4.77. The summed E-state index contributed by atoms with van der Waals surface area (Å²) in [6.07, 6.45) is 1.42. The van der Waals surface area contributed by atoms with Gasteiger partial charge in [-0.25, -0.2) is 0 Å². The molecule has 1 atom stereocenters. The first-order chi connectivity index (χ1) is 9.03. The predicted molar refractivity (Wildman–Crippen MR) is 69.2 cm³/mol. The van der Waals surface area contributed by atoms with Gasteiger partial charge in [-0.2, -0.15) is 19.6 Å². The van der Waals surface area contributed by atoms with Gasteiger partial charge in [-0.15, -0.1) is 0 Å². The topological polar surface area (TPSA) is 73.6 Å². The fraction of sp³-hybridized carbons (Fsp3) is 0.545. The Balaban J connectivity index is 1.73. The summed E-state index contributed by atoms with van der Waals surface area (Å²) in [5, 5.41) is 7.68. The van der Waals surface area contributed by atoms with E-state index in [0.717, 1.165) is 5.82 Å². The Bertz CT molecular complexity index is 600. The van der Waals surface area contributed by atoms with Gasteiger partial charge in [0.05, 0.1) is 6.61 Å². The van der Waals surface area contributed by atoms with Crippen LogP contribution in [0.25, 0.3) is 5.78 Å². The summed E-state index contributed by atoms with van der Waals surface area (Å²) in [6.45, 7) is 4.94. The molecule has 1 N–H and O–H groups in total.